The number of pyridine rings is 1. The van der Waals surface area contributed by atoms with Crippen LogP contribution in [0.3, 0.4) is 0 Å². The standard InChI is InChI=1S/C10H9F3N6S/c11-10(12,13)5-3-7(14)15-8(4-5)20-9-16-17-18-19(9)6-1-2-6/h3-4,6H,1-2H2,(H2,14,15). The summed E-state index contributed by atoms with van der Waals surface area (Å²) in [6.07, 6.45) is -2.53. The van der Waals surface area contributed by atoms with Gasteiger partial charge in [-0.05, 0) is 47.2 Å². The third-order valence-corrected chi connectivity index (χ3v) is 3.57. The van der Waals surface area contributed by atoms with E-state index >= 15 is 0 Å². The summed E-state index contributed by atoms with van der Waals surface area (Å²) in [5.41, 5.74) is 4.58. The van der Waals surface area contributed by atoms with E-state index in [0.717, 1.165) is 36.7 Å². The van der Waals surface area contributed by atoms with Gasteiger partial charge < -0.3 is 5.73 Å². The second kappa shape index (κ2) is 4.62. The molecule has 1 aliphatic carbocycles. The van der Waals surface area contributed by atoms with Gasteiger partial charge in [0.05, 0.1) is 11.6 Å². The van der Waals surface area contributed by atoms with Crippen LogP contribution in [0.4, 0.5) is 19.0 Å². The molecule has 0 radical (unpaired) electrons. The highest BCUT2D eigenvalue weighted by molar-refractivity contribution is 7.99. The van der Waals surface area contributed by atoms with Gasteiger partial charge >= 0.3 is 6.18 Å². The number of nitrogens with zero attached hydrogens (tertiary/aromatic N) is 5. The summed E-state index contributed by atoms with van der Waals surface area (Å²) >= 11 is 0.969. The van der Waals surface area contributed by atoms with Crippen LogP contribution in [0, 0.1) is 0 Å². The van der Waals surface area contributed by atoms with E-state index < -0.39 is 11.7 Å². The minimum atomic E-state index is -4.46. The Balaban J connectivity index is 1.90. The van der Waals surface area contributed by atoms with E-state index in [1.807, 2.05) is 0 Å². The fourth-order valence-electron chi connectivity index (χ4n) is 1.64. The predicted octanol–water partition coefficient (Wildman–Crippen LogP) is 2.16. The van der Waals surface area contributed by atoms with Crippen LogP contribution in [-0.4, -0.2) is 25.2 Å². The molecule has 106 valence electrons. The molecule has 10 heteroatoms. The molecule has 2 aromatic rings. The van der Waals surface area contributed by atoms with Gasteiger partial charge in [-0.3, -0.25) is 0 Å². The van der Waals surface area contributed by atoms with Crippen LogP contribution in [0.15, 0.2) is 22.3 Å². The molecular weight excluding hydrogens is 293 g/mol. The van der Waals surface area contributed by atoms with Crippen molar-refractivity contribution in [2.75, 3.05) is 5.73 Å². The first kappa shape index (κ1) is 13.2. The zero-order valence-electron chi connectivity index (χ0n) is 10.0. The lowest BCUT2D eigenvalue weighted by Gasteiger charge is -2.09. The molecule has 0 bridgehead atoms. The molecule has 3 rings (SSSR count). The summed E-state index contributed by atoms with van der Waals surface area (Å²) in [7, 11) is 0. The van der Waals surface area contributed by atoms with Crippen molar-refractivity contribution in [2.24, 2.45) is 0 Å². The molecule has 0 amide bonds. The van der Waals surface area contributed by atoms with Crippen molar-refractivity contribution < 1.29 is 13.2 Å². The molecule has 20 heavy (non-hydrogen) atoms. The molecule has 2 N–H and O–H groups in total. The molecule has 0 unspecified atom stereocenters. The molecule has 1 fully saturated rings. The smallest absolute Gasteiger partial charge is 0.384 e. The van der Waals surface area contributed by atoms with E-state index in [9.17, 15) is 13.2 Å². The van der Waals surface area contributed by atoms with E-state index in [0.29, 0.717) is 5.16 Å². The molecule has 1 aliphatic rings. The van der Waals surface area contributed by atoms with Crippen molar-refractivity contribution in [1.82, 2.24) is 25.2 Å². The molecule has 0 saturated heterocycles. The summed E-state index contributed by atoms with van der Waals surface area (Å²) < 4.78 is 39.7. The van der Waals surface area contributed by atoms with Crippen molar-refractivity contribution in [3.05, 3.63) is 17.7 Å². The maximum absolute atomic E-state index is 12.7. The van der Waals surface area contributed by atoms with Crippen molar-refractivity contribution in [3.8, 4) is 0 Å². The number of halogens is 3. The zero-order chi connectivity index (χ0) is 14.3. The fraction of sp³-hybridized carbons (Fsp3) is 0.400. The van der Waals surface area contributed by atoms with Gasteiger partial charge in [-0.1, -0.05) is 0 Å². The average Bonchev–Trinajstić information content (AvgIpc) is 3.09. The number of hydrogen-bond donors (Lipinski definition) is 1. The number of rotatable bonds is 3. The SMILES string of the molecule is Nc1cc(C(F)(F)F)cc(Sc2nnnn2C2CC2)n1. The quantitative estimate of drug-likeness (QED) is 0.935. The number of nitrogen functional groups attached to an aromatic ring is 1. The van der Waals surface area contributed by atoms with Crippen molar-refractivity contribution in [3.63, 3.8) is 0 Å². The van der Waals surface area contributed by atoms with E-state index in [1.54, 1.807) is 4.68 Å². The highest BCUT2D eigenvalue weighted by Crippen LogP contribution is 2.38. The Kier molecular flexibility index (Phi) is 3.04. The van der Waals surface area contributed by atoms with Crippen LogP contribution < -0.4 is 5.73 Å². The minimum Gasteiger partial charge on any atom is -0.384 e. The Morgan fingerprint density at radius 1 is 1.30 bits per heavy atom. The summed E-state index contributed by atoms with van der Waals surface area (Å²) in [6.45, 7) is 0. The first-order valence-corrected chi connectivity index (χ1v) is 6.55. The Morgan fingerprint density at radius 3 is 2.70 bits per heavy atom. The van der Waals surface area contributed by atoms with Crippen molar-refractivity contribution in [2.45, 2.75) is 35.2 Å². The molecule has 0 aromatic carbocycles. The number of hydrogen-bond acceptors (Lipinski definition) is 6. The summed E-state index contributed by atoms with van der Waals surface area (Å²) in [5, 5.41) is 11.7. The van der Waals surface area contributed by atoms with Gasteiger partial charge in [0.2, 0.25) is 5.16 Å². The lowest BCUT2D eigenvalue weighted by Crippen LogP contribution is -2.07. The Morgan fingerprint density at radius 2 is 2.05 bits per heavy atom. The molecule has 2 heterocycles. The van der Waals surface area contributed by atoms with Gasteiger partial charge in [-0.2, -0.15) is 13.2 Å². The number of nitrogens with two attached hydrogens (primary N) is 1. The maximum Gasteiger partial charge on any atom is 0.416 e. The fourth-order valence-corrected chi connectivity index (χ4v) is 2.52. The molecule has 0 aliphatic heterocycles. The number of alkyl halides is 3. The summed E-state index contributed by atoms with van der Waals surface area (Å²) in [4.78, 5) is 3.87. The highest BCUT2D eigenvalue weighted by Gasteiger charge is 2.32. The first-order valence-electron chi connectivity index (χ1n) is 5.74. The third kappa shape index (κ3) is 2.69. The van der Waals surface area contributed by atoms with Crippen molar-refractivity contribution in [1.29, 1.82) is 0 Å². The molecule has 0 atom stereocenters. The van der Waals surface area contributed by atoms with E-state index in [1.165, 1.54) is 0 Å². The molecular formula is C10H9F3N6S. The van der Waals surface area contributed by atoms with Crippen LogP contribution in [0.1, 0.15) is 24.4 Å². The normalized spacial score (nSPS) is 15.6. The topological polar surface area (TPSA) is 82.5 Å². The van der Waals surface area contributed by atoms with Crippen LogP contribution in [-0.2, 0) is 6.18 Å². The lowest BCUT2D eigenvalue weighted by molar-refractivity contribution is -0.137. The molecule has 1 saturated carbocycles. The largest absolute Gasteiger partial charge is 0.416 e. The van der Waals surface area contributed by atoms with E-state index in [2.05, 4.69) is 20.5 Å². The van der Waals surface area contributed by atoms with Gasteiger partial charge in [0.1, 0.15) is 10.8 Å². The van der Waals surface area contributed by atoms with Gasteiger partial charge in [-0.15, -0.1) is 5.10 Å². The second-order valence-corrected chi connectivity index (χ2v) is 5.34. The van der Waals surface area contributed by atoms with Gasteiger partial charge in [-0.25, -0.2) is 9.67 Å². The Labute approximate surface area is 115 Å². The zero-order valence-corrected chi connectivity index (χ0v) is 10.8. The number of aromatic nitrogens is 5. The molecule has 2 aromatic heterocycles. The lowest BCUT2D eigenvalue weighted by atomic mass is 10.2. The van der Waals surface area contributed by atoms with E-state index in [4.69, 9.17) is 5.73 Å². The average molecular weight is 302 g/mol. The monoisotopic (exact) mass is 302 g/mol. The third-order valence-electron chi connectivity index (χ3n) is 2.70. The van der Waals surface area contributed by atoms with Gasteiger partial charge in [0.25, 0.3) is 0 Å². The number of anilines is 1. The van der Waals surface area contributed by atoms with Crippen LogP contribution in [0.2, 0.25) is 0 Å². The van der Waals surface area contributed by atoms with E-state index in [-0.39, 0.29) is 16.9 Å². The van der Waals surface area contributed by atoms with Crippen LogP contribution >= 0.6 is 11.8 Å². The second-order valence-electron chi connectivity index (χ2n) is 4.36. The molecule has 6 nitrogen and oxygen atoms in total. The summed E-state index contributed by atoms with van der Waals surface area (Å²) in [6, 6.07) is 1.97. The minimum absolute atomic E-state index is 0.119. The summed E-state index contributed by atoms with van der Waals surface area (Å²) in [5.74, 6) is -0.187. The van der Waals surface area contributed by atoms with Gasteiger partial charge in [0, 0.05) is 0 Å². The van der Waals surface area contributed by atoms with Crippen LogP contribution in [0.25, 0.3) is 0 Å². The van der Waals surface area contributed by atoms with Crippen LogP contribution in [0.5, 0.6) is 0 Å². The highest BCUT2D eigenvalue weighted by atomic mass is 32.2. The number of tetrazole rings is 1. The Hall–Kier alpha value is -1.84. The predicted molar refractivity (Wildman–Crippen MR) is 63.9 cm³/mol. The van der Waals surface area contributed by atoms with Gasteiger partial charge in [0.15, 0.2) is 0 Å². The maximum atomic E-state index is 12.7. The Bertz CT molecular complexity index is 636. The van der Waals surface area contributed by atoms with Crippen molar-refractivity contribution >= 4 is 17.6 Å². The first-order chi connectivity index (χ1) is 9.43. The molecule has 0 spiro atoms.